The van der Waals surface area contributed by atoms with E-state index in [4.69, 9.17) is 9.47 Å². The van der Waals surface area contributed by atoms with Gasteiger partial charge in [0.2, 0.25) is 5.91 Å². The van der Waals surface area contributed by atoms with E-state index >= 15 is 0 Å². The minimum absolute atomic E-state index is 0.0638. The molecule has 0 aromatic heterocycles. The molecule has 6 heteroatoms. The number of rotatable bonds is 6. The lowest BCUT2D eigenvalue weighted by molar-refractivity contribution is -0.126. The number of benzene rings is 2. The van der Waals surface area contributed by atoms with Gasteiger partial charge in [-0.15, -0.1) is 0 Å². The van der Waals surface area contributed by atoms with Crippen LogP contribution in [0.2, 0.25) is 0 Å². The highest BCUT2D eigenvalue weighted by Gasteiger charge is 2.20. The van der Waals surface area contributed by atoms with E-state index < -0.39 is 0 Å². The number of amides is 1. The summed E-state index contributed by atoms with van der Waals surface area (Å²) in [4.78, 5) is 12.0. The molecule has 3 rings (SSSR count). The molecule has 132 valence electrons. The Morgan fingerprint density at radius 2 is 2.08 bits per heavy atom. The maximum absolute atomic E-state index is 13.1. The molecule has 0 spiro atoms. The quantitative estimate of drug-likeness (QED) is 0.842. The van der Waals surface area contributed by atoms with Crippen LogP contribution in [-0.2, 0) is 22.7 Å². The molecule has 2 aromatic carbocycles. The Morgan fingerprint density at radius 3 is 2.80 bits per heavy atom. The van der Waals surface area contributed by atoms with E-state index in [1.807, 2.05) is 30.3 Å². The van der Waals surface area contributed by atoms with Gasteiger partial charge in [0, 0.05) is 13.1 Å². The number of hydrogen-bond donors (Lipinski definition) is 2. The monoisotopic (exact) mass is 344 g/mol. The van der Waals surface area contributed by atoms with E-state index in [0.717, 1.165) is 11.1 Å². The number of halogens is 1. The number of ether oxygens (including phenoxy) is 2. The van der Waals surface area contributed by atoms with Gasteiger partial charge in [-0.2, -0.15) is 0 Å². The molecule has 1 aliphatic heterocycles. The first kappa shape index (κ1) is 17.4. The van der Waals surface area contributed by atoms with Crippen molar-refractivity contribution in [1.82, 2.24) is 10.6 Å². The van der Waals surface area contributed by atoms with Crippen LogP contribution < -0.4 is 15.4 Å². The summed E-state index contributed by atoms with van der Waals surface area (Å²) in [6.45, 7) is 2.48. The molecule has 2 N–H and O–H groups in total. The third-order valence-corrected chi connectivity index (χ3v) is 3.92. The smallest absolute Gasteiger partial charge is 0.239 e. The van der Waals surface area contributed by atoms with Crippen LogP contribution in [0.3, 0.4) is 0 Å². The summed E-state index contributed by atoms with van der Waals surface area (Å²) >= 11 is 0. The average molecular weight is 344 g/mol. The van der Waals surface area contributed by atoms with Crippen LogP contribution in [0.25, 0.3) is 0 Å². The number of carbonyl (C=O) groups excluding carboxylic acids is 1. The van der Waals surface area contributed by atoms with E-state index in [2.05, 4.69) is 10.6 Å². The zero-order chi connectivity index (χ0) is 17.5. The molecule has 0 aliphatic carbocycles. The number of hydrogen-bond acceptors (Lipinski definition) is 4. The predicted molar refractivity (Wildman–Crippen MR) is 91.6 cm³/mol. The van der Waals surface area contributed by atoms with Crippen LogP contribution >= 0.6 is 0 Å². The van der Waals surface area contributed by atoms with Gasteiger partial charge in [0.05, 0.1) is 13.2 Å². The second kappa shape index (κ2) is 8.60. The highest BCUT2D eigenvalue weighted by Crippen LogP contribution is 2.15. The van der Waals surface area contributed by atoms with E-state index in [1.54, 1.807) is 6.07 Å². The summed E-state index contributed by atoms with van der Waals surface area (Å²) in [6, 6.07) is 13.5. The van der Waals surface area contributed by atoms with Gasteiger partial charge < -0.3 is 20.1 Å². The van der Waals surface area contributed by atoms with Crippen LogP contribution in [-0.4, -0.2) is 31.7 Å². The average Bonchev–Trinajstić information content (AvgIpc) is 2.66. The Kier molecular flexibility index (Phi) is 5.98. The molecule has 0 bridgehead atoms. The Bertz CT molecular complexity index is 700. The van der Waals surface area contributed by atoms with Crippen molar-refractivity contribution in [3.63, 3.8) is 0 Å². The maximum atomic E-state index is 13.1. The van der Waals surface area contributed by atoms with Crippen molar-refractivity contribution in [2.75, 3.05) is 19.8 Å². The summed E-state index contributed by atoms with van der Waals surface area (Å²) in [5, 5.41) is 6.01. The topological polar surface area (TPSA) is 59.6 Å². The second-order valence-corrected chi connectivity index (χ2v) is 5.86. The van der Waals surface area contributed by atoms with Crippen LogP contribution in [0.1, 0.15) is 11.1 Å². The van der Waals surface area contributed by atoms with Crippen molar-refractivity contribution in [2.45, 2.75) is 19.2 Å². The number of nitrogens with one attached hydrogen (secondary N) is 2. The summed E-state index contributed by atoms with van der Waals surface area (Å²) in [7, 11) is 0. The van der Waals surface area contributed by atoms with E-state index in [1.165, 1.54) is 12.1 Å². The Morgan fingerprint density at radius 1 is 1.24 bits per heavy atom. The molecule has 1 atom stereocenters. The van der Waals surface area contributed by atoms with Crippen molar-refractivity contribution in [3.8, 4) is 5.75 Å². The van der Waals surface area contributed by atoms with Gasteiger partial charge in [-0.3, -0.25) is 4.79 Å². The lowest BCUT2D eigenvalue weighted by atomic mass is 10.2. The molecule has 25 heavy (non-hydrogen) atoms. The van der Waals surface area contributed by atoms with Crippen molar-refractivity contribution >= 4 is 5.91 Å². The highest BCUT2D eigenvalue weighted by molar-refractivity contribution is 5.81. The third-order valence-electron chi connectivity index (χ3n) is 3.92. The molecule has 1 saturated heterocycles. The molecular formula is C19H21FN2O3. The molecular weight excluding hydrogens is 323 g/mol. The van der Waals surface area contributed by atoms with Gasteiger partial charge in [-0.25, -0.2) is 4.39 Å². The largest absolute Gasteiger partial charge is 0.489 e. The Balaban J connectivity index is 1.46. The zero-order valence-corrected chi connectivity index (χ0v) is 13.8. The van der Waals surface area contributed by atoms with E-state index in [-0.39, 0.29) is 17.8 Å². The predicted octanol–water partition coefficient (Wildman–Crippen LogP) is 2.01. The van der Waals surface area contributed by atoms with Crippen molar-refractivity contribution < 1.29 is 18.7 Å². The molecule has 2 aromatic rings. The summed E-state index contributed by atoms with van der Waals surface area (Å²) in [5.74, 6) is 0.359. The minimum atomic E-state index is -0.289. The fourth-order valence-corrected chi connectivity index (χ4v) is 2.54. The first-order valence-electron chi connectivity index (χ1n) is 8.26. The van der Waals surface area contributed by atoms with Crippen LogP contribution in [0, 0.1) is 5.82 Å². The molecule has 5 nitrogen and oxygen atoms in total. The third kappa shape index (κ3) is 5.27. The fraction of sp³-hybridized carbons (Fsp3) is 0.316. The highest BCUT2D eigenvalue weighted by atomic mass is 19.1. The zero-order valence-electron chi connectivity index (χ0n) is 13.8. The maximum Gasteiger partial charge on any atom is 0.239 e. The standard InChI is InChI=1S/C19H21FN2O3/c20-16-3-1-2-15(10-16)12-25-17-6-4-14(5-7-17)11-22-19(23)18-13-24-9-8-21-18/h1-7,10,18,21H,8-9,11-13H2,(H,22,23). The van der Waals surface area contributed by atoms with Gasteiger partial charge in [0.1, 0.15) is 24.2 Å². The number of morpholine rings is 1. The first-order chi connectivity index (χ1) is 12.2. The van der Waals surface area contributed by atoms with Crippen LogP contribution in [0.4, 0.5) is 4.39 Å². The van der Waals surface area contributed by atoms with Gasteiger partial charge in [0.15, 0.2) is 0 Å². The molecule has 1 heterocycles. The molecule has 1 fully saturated rings. The summed E-state index contributed by atoms with van der Waals surface area (Å²) in [6.07, 6.45) is 0. The first-order valence-corrected chi connectivity index (χ1v) is 8.26. The van der Waals surface area contributed by atoms with E-state index in [9.17, 15) is 9.18 Å². The fourth-order valence-electron chi connectivity index (χ4n) is 2.54. The van der Waals surface area contributed by atoms with Crippen LogP contribution in [0.5, 0.6) is 5.75 Å². The molecule has 1 amide bonds. The SMILES string of the molecule is O=C(NCc1ccc(OCc2cccc(F)c2)cc1)C1COCCN1. The van der Waals surface area contributed by atoms with Gasteiger partial charge in [-0.1, -0.05) is 24.3 Å². The lowest BCUT2D eigenvalue weighted by Gasteiger charge is -2.22. The Labute approximate surface area is 146 Å². The second-order valence-electron chi connectivity index (χ2n) is 5.86. The number of carbonyl (C=O) groups is 1. The van der Waals surface area contributed by atoms with Crippen molar-refractivity contribution in [2.24, 2.45) is 0 Å². The van der Waals surface area contributed by atoms with Crippen molar-refractivity contribution in [1.29, 1.82) is 0 Å². The van der Waals surface area contributed by atoms with Gasteiger partial charge in [0.25, 0.3) is 0 Å². The normalized spacial score (nSPS) is 17.1. The van der Waals surface area contributed by atoms with E-state index in [0.29, 0.717) is 38.7 Å². The minimum Gasteiger partial charge on any atom is -0.489 e. The molecule has 0 radical (unpaired) electrons. The van der Waals surface area contributed by atoms with Gasteiger partial charge in [-0.05, 0) is 35.4 Å². The molecule has 0 saturated carbocycles. The summed E-state index contributed by atoms with van der Waals surface area (Å²) in [5.41, 5.74) is 1.75. The van der Waals surface area contributed by atoms with Gasteiger partial charge >= 0.3 is 0 Å². The summed E-state index contributed by atoms with van der Waals surface area (Å²) < 4.78 is 24.0. The van der Waals surface area contributed by atoms with Crippen molar-refractivity contribution in [3.05, 3.63) is 65.5 Å². The Hall–Kier alpha value is -2.44. The molecule has 1 unspecified atom stereocenters. The molecule has 1 aliphatic rings. The lowest BCUT2D eigenvalue weighted by Crippen LogP contribution is -2.51. The van der Waals surface area contributed by atoms with Crippen LogP contribution in [0.15, 0.2) is 48.5 Å².